The number of imidazole rings is 1. The summed E-state index contributed by atoms with van der Waals surface area (Å²) in [5, 5.41) is 4.55. The van der Waals surface area contributed by atoms with E-state index in [0.29, 0.717) is 10.9 Å². The van der Waals surface area contributed by atoms with Crippen LogP contribution >= 0.6 is 23.1 Å². The third kappa shape index (κ3) is 4.33. The molecular weight excluding hydrogens is 424 g/mol. The number of thiazole rings is 1. The third-order valence-corrected chi connectivity index (χ3v) is 6.93. The summed E-state index contributed by atoms with van der Waals surface area (Å²) < 4.78 is 3.31. The number of rotatable bonds is 6. The van der Waals surface area contributed by atoms with Crippen molar-refractivity contribution in [3.63, 3.8) is 0 Å². The molecule has 2 heterocycles. The van der Waals surface area contributed by atoms with Gasteiger partial charge in [-0.2, -0.15) is 0 Å². The Morgan fingerprint density at radius 1 is 1.10 bits per heavy atom. The van der Waals surface area contributed by atoms with Gasteiger partial charge in [0.1, 0.15) is 6.54 Å². The number of aryl methyl sites for hydroxylation is 1. The Balaban J connectivity index is 1.33. The minimum Gasteiger partial charge on any atom is -0.301 e. The molecule has 154 valence electrons. The first kappa shape index (κ1) is 19.8. The van der Waals surface area contributed by atoms with Gasteiger partial charge in [0.2, 0.25) is 5.91 Å². The molecule has 0 spiro atoms. The number of nitrogens with one attached hydrogen (secondary N) is 2. The van der Waals surface area contributed by atoms with Crippen LogP contribution in [-0.2, 0) is 11.3 Å². The number of fused-ring (bicyclic) bond motifs is 2. The Morgan fingerprint density at radius 3 is 2.77 bits per heavy atom. The van der Waals surface area contributed by atoms with Gasteiger partial charge in [0.05, 0.1) is 16.0 Å². The number of nitrogens with zero attached hydrogens (tertiary/aromatic N) is 2. The van der Waals surface area contributed by atoms with Gasteiger partial charge in [0.15, 0.2) is 16.2 Å². The summed E-state index contributed by atoms with van der Waals surface area (Å²) in [6.07, 6.45) is 0. The van der Waals surface area contributed by atoms with E-state index in [1.165, 1.54) is 34.2 Å². The van der Waals surface area contributed by atoms with Gasteiger partial charge >= 0.3 is 5.16 Å². The molecular formula is C24H21N4OS2+. The van der Waals surface area contributed by atoms with Crippen LogP contribution in [0.1, 0.15) is 11.1 Å². The number of hydrogen-bond donors (Lipinski definition) is 2. The molecule has 3 aromatic carbocycles. The molecule has 0 fully saturated rings. The summed E-state index contributed by atoms with van der Waals surface area (Å²) in [6, 6.07) is 24.7. The standard InChI is InChI=1S/C24H20N4OS2/c1-16-11-12-19-21(13-16)31-23(25-19)27-22(29)15-30-24-26-18-9-5-6-10-20(18)28(24)14-17-7-3-2-4-8-17/h2-13H,14-15H2,1H3,(H,25,27,29)/p+1. The topological polar surface area (TPSA) is 61.7 Å². The molecule has 7 heteroatoms. The Hall–Kier alpha value is -3.16. The highest BCUT2D eigenvalue weighted by Crippen LogP contribution is 2.27. The van der Waals surface area contributed by atoms with Crippen molar-refractivity contribution < 1.29 is 9.36 Å². The maximum Gasteiger partial charge on any atom is 0.317 e. The van der Waals surface area contributed by atoms with Crippen LogP contribution in [0.3, 0.4) is 0 Å². The lowest BCUT2D eigenvalue weighted by atomic mass is 10.2. The van der Waals surface area contributed by atoms with Crippen LogP contribution in [0.4, 0.5) is 5.13 Å². The first-order chi connectivity index (χ1) is 15.2. The highest BCUT2D eigenvalue weighted by molar-refractivity contribution is 7.99. The predicted molar refractivity (Wildman–Crippen MR) is 128 cm³/mol. The largest absolute Gasteiger partial charge is 0.317 e. The lowest BCUT2D eigenvalue weighted by Gasteiger charge is -2.03. The van der Waals surface area contributed by atoms with Gasteiger partial charge in [-0.25, -0.2) is 14.5 Å². The molecule has 0 saturated carbocycles. The average Bonchev–Trinajstić information content (AvgIpc) is 3.33. The summed E-state index contributed by atoms with van der Waals surface area (Å²) in [5.74, 6) is 0.238. The van der Waals surface area contributed by atoms with Crippen LogP contribution in [0.15, 0.2) is 78.0 Å². The number of anilines is 1. The van der Waals surface area contributed by atoms with Gasteiger partial charge in [-0.05, 0) is 54.1 Å². The molecule has 5 aromatic rings. The fourth-order valence-electron chi connectivity index (χ4n) is 3.52. The van der Waals surface area contributed by atoms with Crippen molar-refractivity contribution in [2.75, 3.05) is 11.1 Å². The first-order valence-electron chi connectivity index (χ1n) is 10.00. The molecule has 0 aliphatic heterocycles. The summed E-state index contributed by atoms with van der Waals surface area (Å²) in [6.45, 7) is 2.80. The van der Waals surface area contributed by atoms with Crippen LogP contribution < -0.4 is 9.88 Å². The van der Waals surface area contributed by atoms with E-state index in [2.05, 4.69) is 57.1 Å². The second-order valence-electron chi connectivity index (χ2n) is 7.35. The van der Waals surface area contributed by atoms with E-state index in [9.17, 15) is 4.79 Å². The third-order valence-electron chi connectivity index (χ3n) is 5.00. The smallest absolute Gasteiger partial charge is 0.301 e. The zero-order valence-electron chi connectivity index (χ0n) is 17.0. The summed E-state index contributed by atoms with van der Waals surface area (Å²) in [7, 11) is 0. The number of para-hydroxylation sites is 2. The van der Waals surface area contributed by atoms with Crippen molar-refractivity contribution in [1.29, 1.82) is 0 Å². The highest BCUT2D eigenvalue weighted by Gasteiger charge is 2.20. The Bertz CT molecular complexity index is 1370. The summed E-state index contributed by atoms with van der Waals surface area (Å²) >= 11 is 3.01. The maximum absolute atomic E-state index is 12.6. The molecule has 0 bridgehead atoms. The van der Waals surface area contributed by atoms with E-state index in [1.807, 2.05) is 42.5 Å². The lowest BCUT2D eigenvalue weighted by Crippen LogP contribution is -2.35. The zero-order chi connectivity index (χ0) is 21.2. The number of aromatic amines is 1. The van der Waals surface area contributed by atoms with Crippen LogP contribution in [0.25, 0.3) is 21.3 Å². The van der Waals surface area contributed by atoms with Gasteiger partial charge in [-0.3, -0.25) is 4.79 Å². The Morgan fingerprint density at radius 2 is 1.90 bits per heavy atom. The summed E-state index contributed by atoms with van der Waals surface area (Å²) in [4.78, 5) is 20.6. The van der Waals surface area contributed by atoms with Crippen LogP contribution in [0, 0.1) is 6.92 Å². The minimum atomic E-state index is -0.0642. The van der Waals surface area contributed by atoms with Crippen molar-refractivity contribution in [3.8, 4) is 0 Å². The number of carbonyl (C=O) groups is 1. The van der Waals surface area contributed by atoms with Gasteiger partial charge in [0.25, 0.3) is 0 Å². The number of H-pyrrole nitrogens is 1. The minimum absolute atomic E-state index is 0.0642. The quantitative estimate of drug-likeness (QED) is 0.281. The van der Waals surface area contributed by atoms with Crippen molar-refractivity contribution in [3.05, 3.63) is 83.9 Å². The first-order valence-corrected chi connectivity index (χ1v) is 11.8. The monoisotopic (exact) mass is 445 g/mol. The second kappa shape index (κ2) is 8.53. The van der Waals surface area contributed by atoms with Crippen molar-refractivity contribution in [1.82, 2.24) is 9.97 Å². The normalized spacial score (nSPS) is 11.3. The summed E-state index contributed by atoms with van der Waals surface area (Å²) in [5.41, 5.74) is 5.49. The SMILES string of the molecule is Cc1ccc2nc(NC(=O)CSc3[nH]c4ccccc4[n+]3Cc3ccccc3)sc2c1. The van der Waals surface area contributed by atoms with Crippen molar-refractivity contribution >= 4 is 55.4 Å². The predicted octanol–water partition coefficient (Wildman–Crippen LogP) is 5.15. The van der Waals surface area contributed by atoms with E-state index in [4.69, 9.17) is 0 Å². The fourth-order valence-corrected chi connectivity index (χ4v) is 5.34. The van der Waals surface area contributed by atoms with E-state index < -0.39 is 0 Å². The molecule has 0 unspecified atom stereocenters. The number of amides is 1. The molecule has 0 aliphatic carbocycles. The number of carbonyl (C=O) groups excluding carboxylic acids is 1. The van der Waals surface area contributed by atoms with Crippen molar-refractivity contribution in [2.24, 2.45) is 0 Å². The molecule has 1 amide bonds. The van der Waals surface area contributed by atoms with Gasteiger partial charge < -0.3 is 5.32 Å². The molecule has 31 heavy (non-hydrogen) atoms. The van der Waals surface area contributed by atoms with Crippen molar-refractivity contribution in [2.45, 2.75) is 18.6 Å². The number of hydrogen-bond acceptors (Lipinski definition) is 4. The molecule has 0 saturated heterocycles. The number of aromatic nitrogens is 3. The van der Waals surface area contributed by atoms with E-state index >= 15 is 0 Å². The van der Waals surface area contributed by atoms with Crippen LogP contribution in [-0.4, -0.2) is 21.6 Å². The second-order valence-corrected chi connectivity index (χ2v) is 9.34. The number of benzene rings is 3. The lowest BCUT2D eigenvalue weighted by molar-refractivity contribution is -0.700. The molecule has 0 aliphatic rings. The van der Waals surface area contributed by atoms with Gasteiger partial charge in [-0.15, -0.1) is 0 Å². The molecule has 5 rings (SSSR count). The van der Waals surface area contributed by atoms with E-state index in [0.717, 1.165) is 33.0 Å². The van der Waals surface area contributed by atoms with Crippen LogP contribution in [0.2, 0.25) is 0 Å². The van der Waals surface area contributed by atoms with Crippen LogP contribution in [0.5, 0.6) is 0 Å². The Labute approximate surface area is 188 Å². The van der Waals surface area contributed by atoms with E-state index in [-0.39, 0.29) is 5.91 Å². The molecule has 2 N–H and O–H groups in total. The average molecular weight is 446 g/mol. The molecule has 0 radical (unpaired) electrons. The Kier molecular flexibility index (Phi) is 5.44. The van der Waals surface area contributed by atoms with Gasteiger partial charge in [-0.1, -0.05) is 59.9 Å². The van der Waals surface area contributed by atoms with E-state index in [1.54, 1.807) is 0 Å². The fraction of sp³-hybridized carbons (Fsp3) is 0.125. The molecule has 5 nitrogen and oxygen atoms in total. The highest BCUT2D eigenvalue weighted by atomic mass is 32.2. The zero-order valence-corrected chi connectivity index (χ0v) is 18.6. The maximum atomic E-state index is 12.6. The number of thioether (sulfide) groups is 1. The van der Waals surface area contributed by atoms with Gasteiger partial charge in [0, 0.05) is 0 Å². The molecule has 0 atom stereocenters. The molecule has 2 aromatic heterocycles.